The van der Waals surface area contributed by atoms with Crippen LogP contribution >= 0.6 is 11.8 Å². The summed E-state index contributed by atoms with van der Waals surface area (Å²) in [6.45, 7) is 0. The zero-order valence-electron chi connectivity index (χ0n) is 8.14. The molecular weight excluding hydrogens is 213 g/mol. The summed E-state index contributed by atoms with van der Waals surface area (Å²) >= 11 is 1.47. The smallest absolute Gasteiger partial charge is 0.148 e. The number of halogens is 1. The van der Waals surface area contributed by atoms with Crippen LogP contribution in [0.15, 0.2) is 35.4 Å². The molecule has 1 aromatic carbocycles. The summed E-state index contributed by atoms with van der Waals surface area (Å²) in [6, 6.07) is 8.13. The predicted octanol–water partition coefficient (Wildman–Crippen LogP) is 2.32. The van der Waals surface area contributed by atoms with E-state index in [1.807, 2.05) is 6.26 Å². The lowest BCUT2D eigenvalue weighted by Gasteiger charge is -2.04. The Bertz CT molecular complexity index is 481. The van der Waals surface area contributed by atoms with Gasteiger partial charge in [-0.2, -0.15) is 5.10 Å². The van der Waals surface area contributed by atoms with Crippen molar-refractivity contribution in [2.45, 2.75) is 5.03 Å². The van der Waals surface area contributed by atoms with E-state index in [1.54, 1.807) is 24.3 Å². The highest BCUT2D eigenvalue weighted by atomic mass is 32.2. The lowest BCUT2D eigenvalue weighted by molar-refractivity contribution is 0.610. The highest BCUT2D eigenvalue weighted by Crippen LogP contribution is 2.21. The number of aromatic nitrogens is 2. The number of anilines is 1. The standard InChI is InChI=1S/C10H10FN3S/c1-15-10-6-9(12)14(13-10)8-5-3-2-4-7(8)11/h2-6H,12H2,1H3. The second kappa shape index (κ2) is 3.94. The molecular formula is C10H10FN3S. The molecule has 3 nitrogen and oxygen atoms in total. The van der Waals surface area contributed by atoms with E-state index in [2.05, 4.69) is 5.10 Å². The molecule has 15 heavy (non-hydrogen) atoms. The first-order valence-corrected chi connectivity index (χ1v) is 5.59. The minimum absolute atomic E-state index is 0.333. The van der Waals surface area contributed by atoms with Gasteiger partial charge in [0.05, 0.1) is 0 Å². The van der Waals surface area contributed by atoms with Gasteiger partial charge in [-0.1, -0.05) is 12.1 Å². The van der Waals surface area contributed by atoms with Crippen LogP contribution in [0.25, 0.3) is 5.69 Å². The fraction of sp³-hybridized carbons (Fsp3) is 0.100. The predicted molar refractivity (Wildman–Crippen MR) is 59.7 cm³/mol. The Kier molecular flexibility index (Phi) is 2.64. The molecule has 0 atom stereocenters. The van der Waals surface area contributed by atoms with Crippen molar-refractivity contribution >= 4 is 17.6 Å². The fourth-order valence-electron chi connectivity index (χ4n) is 1.29. The number of para-hydroxylation sites is 1. The number of rotatable bonds is 2. The maximum absolute atomic E-state index is 13.4. The highest BCUT2D eigenvalue weighted by molar-refractivity contribution is 7.98. The molecule has 0 unspecified atom stereocenters. The van der Waals surface area contributed by atoms with E-state index in [9.17, 15) is 4.39 Å². The van der Waals surface area contributed by atoms with Crippen molar-refractivity contribution in [1.29, 1.82) is 0 Å². The van der Waals surface area contributed by atoms with Crippen molar-refractivity contribution in [3.8, 4) is 5.69 Å². The Labute approximate surface area is 91.1 Å². The van der Waals surface area contributed by atoms with Crippen LogP contribution in [0.1, 0.15) is 0 Å². The van der Waals surface area contributed by atoms with Crippen LogP contribution in [0.3, 0.4) is 0 Å². The quantitative estimate of drug-likeness (QED) is 0.794. The molecule has 0 radical (unpaired) electrons. The Balaban J connectivity index is 2.54. The largest absolute Gasteiger partial charge is 0.384 e. The average molecular weight is 223 g/mol. The van der Waals surface area contributed by atoms with E-state index in [-0.39, 0.29) is 5.82 Å². The molecule has 78 valence electrons. The Hall–Kier alpha value is -1.49. The van der Waals surface area contributed by atoms with Crippen LogP contribution in [-0.4, -0.2) is 16.0 Å². The average Bonchev–Trinajstić information content (AvgIpc) is 2.60. The van der Waals surface area contributed by atoms with Gasteiger partial charge in [0.25, 0.3) is 0 Å². The van der Waals surface area contributed by atoms with Gasteiger partial charge in [-0.25, -0.2) is 9.07 Å². The first-order valence-electron chi connectivity index (χ1n) is 4.37. The number of nitrogen functional groups attached to an aromatic ring is 1. The molecule has 1 aromatic heterocycles. The maximum atomic E-state index is 13.4. The third-order valence-electron chi connectivity index (χ3n) is 2.00. The fourth-order valence-corrected chi connectivity index (χ4v) is 1.69. The van der Waals surface area contributed by atoms with Crippen molar-refractivity contribution in [2.24, 2.45) is 0 Å². The molecule has 0 fully saturated rings. The molecule has 0 aliphatic rings. The monoisotopic (exact) mass is 223 g/mol. The third kappa shape index (κ3) is 1.83. The van der Waals surface area contributed by atoms with Crippen molar-refractivity contribution in [2.75, 3.05) is 12.0 Å². The second-order valence-corrected chi connectivity index (χ2v) is 3.80. The van der Waals surface area contributed by atoms with Crippen LogP contribution in [-0.2, 0) is 0 Å². The van der Waals surface area contributed by atoms with Gasteiger partial charge >= 0.3 is 0 Å². The normalized spacial score (nSPS) is 10.5. The van der Waals surface area contributed by atoms with Gasteiger partial charge in [0.1, 0.15) is 22.3 Å². The molecule has 0 amide bonds. The van der Waals surface area contributed by atoms with E-state index < -0.39 is 0 Å². The summed E-state index contributed by atoms with van der Waals surface area (Å²) in [6.07, 6.45) is 1.90. The van der Waals surface area contributed by atoms with E-state index in [0.29, 0.717) is 11.5 Å². The van der Waals surface area contributed by atoms with E-state index in [4.69, 9.17) is 5.73 Å². The molecule has 2 aromatic rings. The number of benzene rings is 1. The van der Waals surface area contributed by atoms with Gasteiger partial charge in [-0.3, -0.25) is 0 Å². The number of hydrogen-bond acceptors (Lipinski definition) is 3. The van der Waals surface area contributed by atoms with Crippen LogP contribution < -0.4 is 5.73 Å². The molecule has 0 saturated carbocycles. The zero-order valence-corrected chi connectivity index (χ0v) is 8.96. The van der Waals surface area contributed by atoms with Crippen LogP contribution in [0.4, 0.5) is 10.2 Å². The minimum atomic E-state index is -0.333. The Morgan fingerprint density at radius 2 is 2.13 bits per heavy atom. The first-order chi connectivity index (χ1) is 7.22. The molecule has 2 N–H and O–H groups in total. The second-order valence-electron chi connectivity index (χ2n) is 2.97. The van der Waals surface area contributed by atoms with Gasteiger partial charge in [-0.15, -0.1) is 11.8 Å². The van der Waals surface area contributed by atoms with Crippen LogP contribution in [0, 0.1) is 5.82 Å². The summed E-state index contributed by atoms with van der Waals surface area (Å²) in [5, 5.41) is 4.95. The Morgan fingerprint density at radius 1 is 1.40 bits per heavy atom. The van der Waals surface area contributed by atoms with Crippen molar-refractivity contribution in [3.05, 3.63) is 36.1 Å². The summed E-state index contributed by atoms with van der Waals surface area (Å²) in [7, 11) is 0. The summed E-state index contributed by atoms with van der Waals surface area (Å²) in [5.74, 6) is 0.101. The summed E-state index contributed by atoms with van der Waals surface area (Å²) in [5.41, 5.74) is 6.11. The molecule has 0 aliphatic carbocycles. The van der Waals surface area contributed by atoms with Crippen molar-refractivity contribution in [3.63, 3.8) is 0 Å². The summed E-state index contributed by atoms with van der Waals surface area (Å²) in [4.78, 5) is 0. The van der Waals surface area contributed by atoms with Crippen LogP contribution in [0.5, 0.6) is 0 Å². The molecule has 5 heteroatoms. The SMILES string of the molecule is CSc1cc(N)n(-c2ccccc2F)n1. The van der Waals surface area contributed by atoms with Gasteiger partial charge in [-0.05, 0) is 18.4 Å². The number of hydrogen-bond donors (Lipinski definition) is 1. The molecule has 0 spiro atoms. The summed E-state index contributed by atoms with van der Waals surface area (Å²) < 4.78 is 14.8. The van der Waals surface area contributed by atoms with E-state index in [1.165, 1.54) is 22.5 Å². The molecule has 0 bridgehead atoms. The molecule has 0 aliphatic heterocycles. The number of nitrogens with zero attached hydrogens (tertiary/aromatic N) is 2. The van der Waals surface area contributed by atoms with Gasteiger partial charge in [0.2, 0.25) is 0 Å². The lowest BCUT2D eigenvalue weighted by Crippen LogP contribution is -2.03. The maximum Gasteiger partial charge on any atom is 0.148 e. The van der Waals surface area contributed by atoms with Crippen molar-refractivity contribution < 1.29 is 4.39 Å². The number of nitrogens with two attached hydrogens (primary N) is 1. The van der Waals surface area contributed by atoms with E-state index in [0.717, 1.165) is 5.03 Å². The Morgan fingerprint density at radius 3 is 2.73 bits per heavy atom. The number of thioether (sulfide) groups is 1. The van der Waals surface area contributed by atoms with Crippen LogP contribution in [0.2, 0.25) is 0 Å². The molecule has 0 saturated heterocycles. The zero-order chi connectivity index (χ0) is 10.8. The third-order valence-corrected chi connectivity index (χ3v) is 2.62. The molecule has 1 heterocycles. The van der Waals surface area contributed by atoms with E-state index >= 15 is 0 Å². The van der Waals surface area contributed by atoms with Gasteiger partial charge in [0, 0.05) is 6.07 Å². The molecule has 2 rings (SSSR count). The minimum Gasteiger partial charge on any atom is -0.384 e. The highest BCUT2D eigenvalue weighted by Gasteiger charge is 2.09. The van der Waals surface area contributed by atoms with Crippen molar-refractivity contribution in [1.82, 2.24) is 9.78 Å². The topological polar surface area (TPSA) is 43.8 Å². The first kappa shape index (κ1) is 10.0. The lowest BCUT2D eigenvalue weighted by atomic mass is 10.3. The van der Waals surface area contributed by atoms with Gasteiger partial charge in [0.15, 0.2) is 0 Å². The van der Waals surface area contributed by atoms with Gasteiger partial charge < -0.3 is 5.73 Å².